The second-order valence-electron chi connectivity index (χ2n) is 4.93. The number of amides is 2. The number of carbonyl (C=O) groups excluding carboxylic acids is 2. The summed E-state index contributed by atoms with van der Waals surface area (Å²) in [6.45, 7) is 2.48. The van der Waals surface area contributed by atoms with E-state index in [1.807, 2.05) is 0 Å². The third-order valence-electron chi connectivity index (χ3n) is 3.25. The first kappa shape index (κ1) is 16.6. The van der Waals surface area contributed by atoms with Crippen LogP contribution in [0, 0.1) is 11.6 Å². The third kappa shape index (κ3) is 3.92. The molecule has 1 aliphatic heterocycles. The minimum atomic E-state index is -1.13. The van der Waals surface area contributed by atoms with Gasteiger partial charge in [-0.3, -0.25) is 9.59 Å². The lowest BCUT2D eigenvalue weighted by Gasteiger charge is -2.33. The molecule has 1 aliphatic rings. The Balaban J connectivity index is 2.09. The van der Waals surface area contributed by atoms with Crippen molar-refractivity contribution < 1.29 is 23.1 Å². The van der Waals surface area contributed by atoms with E-state index >= 15 is 0 Å². The Morgan fingerprint density at radius 1 is 1.41 bits per heavy atom. The van der Waals surface area contributed by atoms with Crippen molar-refractivity contribution in [1.82, 2.24) is 10.2 Å². The van der Waals surface area contributed by atoms with Gasteiger partial charge in [0.25, 0.3) is 5.91 Å². The zero-order valence-electron chi connectivity index (χ0n) is 11.9. The van der Waals surface area contributed by atoms with Gasteiger partial charge < -0.3 is 15.0 Å². The number of hydrogen-bond acceptors (Lipinski definition) is 3. The summed E-state index contributed by atoms with van der Waals surface area (Å²) >= 11 is 5.81. The van der Waals surface area contributed by atoms with Gasteiger partial charge in [0.15, 0.2) is 11.6 Å². The fraction of sp³-hybridized carbons (Fsp3) is 0.429. The van der Waals surface area contributed by atoms with Gasteiger partial charge >= 0.3 is 0 Å². The smallest absolute Gasteiger partial charge is 0.255 e. The number of carbonyl (C=O) groups is 2. The lowest BCUT2D eigenvalue weighted by Crippen LogP contribution is -2.49. The largest absolute Gasteiger partial charge is 0.373 e. The van der Waals surface area contributed by atoms with E-state index in [9.17, 15) is 18.4 Å². The first-order valence-corrected chi connectivity index (χ1v) is 7.06. The highest BCUT2D eigenvalue weighted by atomic mass is 35.5. The van der Waals surface area contributed by atoms with Gasteiger partial charge in [-0.1, -0.05) is 11.6 Å². The van der Waals surface area contributed by atoms with Crippen LogP contribution in [-0.4, -0.2) is 49.1 Å². The SMILES string of the molecule is CC(=O)NC[C@H]1CN(C(=O)c2cc(F)c(F)cc2Cl)CCO1. The van der Waals surface area contributed by atoms with Crippen LogP contribution in [0.25, 0.3) is 0 Å². The Hall–Kier alpha value is -1.73. The molecule has 120 valence electrons. The molecule has 0 radical (unpaired) electrons. The lowest BCUT2D eigenvalue weighted by molar-refractivity contribution is -0.120. The van der Waals surface area contributed by atoms with Crippen LogP contribution in [0.1, 0.15) is 17.3 Å². The zero-order chi connectivity index (χ0) is 16.3. The highest BCUT2D eigenvalue weighted by Crippen LogP contribution is 2.22. The van der Waals surface area contributed by atoms with Crippen molar-refractivity contribution in [2.24, 2.45) is 0 Å². The van der Waals surface area contributed by atoms with E-state index < -0.39 is 17.5 Å². The Bertz CT molecular complexity index is 598. The van der Waals surface area contributed by atoms with Gasteiger partial charge in [0.1, 0.15) is 0 Å². The second kappa shape index (κ2) is 7.02. The Kier molecular flexibility index (Phi) is 5.31. The quantitative estimate of drug-likeness (QED) is 0.855. The average Bonchev–Trinajstić information content (AvgIpc) is 2.48. The molecule has 2 amide bonds. The minimum absolute atomic E-state index is 0.0965. The highest BCUT2D eigenvalue weighted by molar-refractivity contribution is 6.33. The van der Waals surface area contributed by atoms with Crippen molar-refractivity contribution in [1.29, 1.82) is 0 Å². The maximum Gasteiger partial charge on any atom is 0.255 e. The van der Waals surface area contributed by atoms with Gasteiger partial charge in [-0.25, -0.2) is 8.78 Å². The predicted octanol–water partition coefficient (Wildman–Crippen LogP) is 1.60. The number of halogens is 3. The molecule has 8 heteroatoms. The number of rotatable bonds is 3. The summed E-state index contributed by atoms with van der Waals surface area (Å²) < 4.78 is 31.8. The monoisotopic (exact) mass is 332 g/mol. The lowest BCUT2D eigenvalue weighted by atomic mass is 10.1. The van der Waals surface area contributed by atoms with Crippen LogP contribution < -0.4 is 5.32 Å². The summed E-state index contributed by atoms with van der Waals surface area (Å²) in [5, 5.41) is 2.46. The van der Waals surface area contributed by atoms with E-state index in [4.69, 9.17) is 16.3 Å². The van der Waals surface area contributed by atoms with Crippen LogP contribution in [0.4, 0.5) is 8.78 Å². The summed E-state index contributed by atoms with van der Waals surface area (Å²) in [6.07, 6.45) is -0.356. The molecule has 1 atom stereocenters. The number of ether oxygens (including phenoxy) is 1. The molecule has 1 heterocycles. The molecule has 22 heavy (non-hydrogen) atoms. The summed E-state index contributed by atoms with van der Waals surface area (Å²) in [4.78, 5) is 24.7. The standard InChI is InChI=1S/C14H15ClF2N2O3/c1-8(20)18-6-9-7-19(2-3-22-9)14(21)10-4-12(16)13(17)5-11(10)15/h4-5,9H,2-3,6-7H2,1H3,(H,18,20)/t9-/m0/s1. The molecule has 2 rings (SSSR count). The summed E-state index contributed by atoms with van der Waals surface area (Å²) in [5.74, 6) is -2.93. The number of hydrogen-bond donors (Lipinski definition) is 1. The number of nitrogens with one attached hydrogen (secondary N) is 1. The molecule has 0 saturated carbocycles. The molecule has 0 aromatic heterocycles. The van der Waals surface area contributed by atoms with E-state index in [0.29, 0.717) is 6.54 Å². The number of benzene rings is 1. The van der Waals surface area contributed by atoms with Crippen LogP contribution >= 0.6 is 11.6 Å². The van der Waals surface area contributed by atoms with Crippen molar-refractivity contribution in [3.63, 3.8) is 0 Å². The van der Waals surface area contributed by atoms with E-state index in [-0.39, 0.29) is 42.3 Å². The molecular weight excluding hydrogens is 318 g/mol. The molecule has 0 unspecified atom stereocenters. The van der Waals surface area contributed by atoms with E-state index in [2.05, 4.69) is 5.32 Å². The van der Waals surface area contributed by atoms with Crippen molar-refractivity contribution in [3.8, 4) is 0 Å². The minimum Gasteiger partial charge on any atom is -0.373 e. The van der Waals surface area contributed by atoms with Gasteiger partial charge in [0, 0.05) is 26.6 Å². The van der Waals surface area contributed by atoms with Crippen molar-refractivity contribution in [2.75, 3.05) is 26.2 Å². The Labute approximate surface area is 131 Å². The Morgan fingerprint density at radius 3 is 2.77 bits per heavy atom. The topological polar surface area (TPSA) is 58.6 Å². The predicted molar refractivity (Wildman–Crippen MR) is 75.7 cm³/mol. The summed E-state index contributed by atoms with van der Waals surface area (Å²) in [5.41, 5.74) is -0.0965. The number of nitrogens with zero attached hydrogens (tertiary/aromatic N) is 1. The summed E-state index contributed by atoms with van der Waals surface area (Å²) in [7, 11) is 0. The van der Waals surface area contributed by atoms with Gasteiger partial charge in [0.2, 0.25) is 5.91 Å². The molecule has 5 nitrogen and oxygen atoms in total. The van der Waals surface area contributed by atoms with E-state index in [0.717, 1.165) is 12.1 Å². The maximum atomic E-state index is 13.3. The molecule has 0 spiro atoms. The molecule has 1 aromatic rings. The molecule has 0 bridgehead atoms. The molecule has 0 aliphatic carbocycles. The zero-order valence-corrected chi connectivity index (χ0v) is 12.6. The van der Waals surface area contributed by atoms with Gasteiger partial charge in [0.05, 0.1) is 23.3 Å². The van der Waals surface area contributed by atoms with Crippen molar-refractivity contribution in [2.45, 2.75) is 13.0 Å². The fourth-order valence-electron chi connectivity index (χ4n) is 2.14. The molecule has 1 saturated heterocycles. The molecular formula is C14H15ClF2N2O3. The first-order chi connectivity index (χ1) is 10.4. The molecule has 1 aromatic carbocycles. The van der Waals surface area contributed by atoms with E-state index in [1.54, 1.807) is 0 Å². The Morgan fingerprint density at radius 2 is 2.09 bits per heavy atom. The van der Waals surface area contributed by atoms with Crippen LogP contribution in [-0.2, 0) is 9.53 Å². The van der Waals surface area contributed by atoms with Crippen molar-refractivity contribution in [3.05, 3.63) is 34.4 Å². The van der Waals surface area contributed by atoms with Gasteiger partial charge in [-0.05, 0) is 12.1 Å². The van der Waals surface area contributed by atoms with E-state index in [1.165, 1.54) is 11.8 Å². The third-order valence-corrected chi connectivity index (χ3v) is 3.56. The molecule has 1 N–H and O–H groups in total. The van der Waals surface area contributed by atoms with Gasteiger partial charge in [-0.2, -0.15) is 0 Å². The normalized spacial score (nSPS) is 18.2. The fourth-order valence-corrected chi connectivity index (χ4v) is 2.37. The van der Waals surface area contributed by atoms with Gasteiger partial charge in [-0.15, -0.1) is 0 Å². The highest BCUT2D eigenvalue weighted by Gasteiger charge is 2.27. The van der Waals surface area contributed by atoms with Crippen LogP contribution in [0.5, 0.6) is 0 Å². The van der Waals surface area contributed by atoms with Crippen LogP contribution in [0.3, 0.4) is 0 Å². The first-order valence-electron chi connectivity index (χ1n) is 6.68. The summed E-state index contributed by atoms with van der Waals surface area (Å²) in [6, 6.07) is 1.57. The number of morpholine rings is 1. The second-order valence-corrected chi connectivity index (χ2v) is 5.33. The molecule has 1 fully saturated rings. The maximum absolute atomic E-state index is 13.3. The average molecular weight is 333 g/mol. The van der Waals surface area contributed by atoms with Crippen molar-refractivity contribution >= 4 is 23.4 Å². The van der Waals surface area contributed by atoms with Crippen LogP contribution in [0.2, 0.25) is 5.02 Å². The van der Waals surface area contributed by atoms with Crippen LogP contribution in [0.15, 0.2) is 12.1 Å².